The molecule has 2 rings (SSSR count). The smallest absolute Gasteiger partial charge is 0.228 e. The van der Waals surface area contributed by atoms with Gasteiger partial charge in [-0.15, -0.1) is 0 Å². The molecule has 0 aliphatic heterocycles. The Morgan fingerprint density at radius 2 is 1.89 bits per heavy atom. The third-order valence-corrected chi connectivity index (χ3v) is 3.36. The molecule has 0 aromatic heterocycles. The van der Waals surface area contributed by atoms with Crippen molar-refractivity contribution in [1.29, 1.82) is 0 Å². The fourth-order valence-corrected chi connectivity index (χ4v) is 2.32. The molecule has 1 aliphatic carbocycles. The van der Waals surface area contributed by atoms with Crippen molar-refractivity contribution in [2.24, 2.45) is 11.8 Å². The monoisotopic (exact) mass is 258 g/mol. The van der Waals surface area contributed by atoms with Gasteiger partial charge in [0, 0.05) is 17.6 Å². The number of benzene rings is 1. The molecule has 1 N–H and O–H groups in total. The summed E-state index contributed by atoms with van der Waals surface area (Å²) in [5, 5.41) is 13.8. The summed E-state index contributed by atoms with van der Waals surface area (Å²) < 4.78 is 0. The van der Waals surface area contributed by atoms with Crippen LogP contribution in [0.3, 0.4) is 0 Å². The van der Waals surface area contributed by atoms with Crippen LogP contribution in [-0.2, 0) is 9.59 Å². The number of carbonyl (C=O) groups excluding carboxylic acids is 2. The summed E-state index contributed by atoms with van der Waals surface area (Å²) in [7, 11) is 0. The van der Waals surface area contributed by atoms with E-state index >= 15 is 0 Å². The summed E-state index contributed by atoms with van der Waals surface area (Å²) >= 11 is 0. The van der Waals surface area contributed by atoms with Gasteiger partial charge in [-0.1, -0.05) is 24.3 Å². The van der Waals surface area contributed by atoms with Gasteiger partial charge in [0.1, 0.15) is 0 Å². The molecule has 19 heavy (non-hydrogen) atoms. The van der Waals surface area contributed by atoms with Crippen LogP contribution in [0, 0.1) is 18.8 Å². The molecule has 1 amide bonds. The van der Waals surface area contributed by atoms with Crippen molar-refractivity contribution in [2.75, 3.05) is 5.32 Å². The van der Waals surface area contributed by atoms with Crippen molar-refractivity contribution in [1.82, 2.24) is 0 Å². The number of allylic oxidation sites excluding steroid dienone is 2. The number of carbonyl (C=O) groups is 2. The Kier molecular flexibility index (Phi) is 4.00. The average Bonchev–Trinajstić information content (AvgIpc) is 2.38. The first kappa shape index (κ1) is 13.3. The Balaban J connectivity index is 2.10. The van der Waals surface area contributed by atoms with Crippen LogP contribution in [0.2, 0.25) is 0 Å². The van der Waals surface area contributed by atoms with Gasteiger partial charge in [-0.2, -0.15) is 0 Å². The Bertz CT molecular complexity index is 522. The normalized spacial score (nSPS) is 21.9. The molecule has 0 radical (unpaired) electrons. The lowest BCUT2D eigenvalue weighted by Crippen LogP contribution is -2.41. The van der Waals surface area contributed by atoms with E-state index in [1.807, 2.05) is 31.2 Å². The second-order valence-corrected chi connectivity index (χ2v) is 4.83. The number of anilines is 1. The highest BCUT2D eigenvalue weighted by atomic mass is 16.4. The minimum Gasteiger partial charge on any atom is -0.550 e. The zero-order valence-corrected chi connectivity index (χ0v) is 10.8. The van der Waals surface area contributed by atoms with Gasteiger partial charge in [0.2, 0.25) is 5.91 Å². The lowest BCUT2D eigenvalue weighted by atomic mass is 9.82. The molecular formula is C15H16NO3-. The Labute approximate surface area is 112 Å². The van der Waals surface area contributed by atoms with E-state index in [2.05, 4.69) is 5.32 Å². The molecular weight excluding hydrogens is 242 g/mol. The van der Waals surface area contributed by atoms with Crippen molar-refractivity contribution < 1.29 is 14.7 Å². The lowest BCUT2D eigenvalue weighted by molar-refractivity contribution is -0.313. The number of carboxylic acid groups (broad SMARTS) is 1. The lowest BCUT2D eigenvalue weighted by Gasteiger charge is -2.28. The first-order valence-electron chi connectivity index (χ1n) is 6.31. The molecule has 0 saturated heterocycles. The molecule has 0 spiro atoms. The Morgan fingerprint density at radius 1 is 1.21 bits per heavy atom. The first-order valence-corrected chi connectivity index (χ1v) is 6.31. The summed E-state index contributed by atoms with van der Waals surface area (Å²) in [6, 6.07) is 7.42. The maximum absolute atomic E-state index is 12.2. The van der Waals surface area contributed by atoms with Crippen molar-refractivity contribution in [3.8, 4) is 0 Å². The van der Waals surface area contributed by atoms with E-state index in [0.717, 1.165) is 5.56 Å². The van der Waals surface area contributed by atoms with Crippen LogP contribution in [0.25, 0.3) is 0 Å². The summed E-state index contributed by atoms with van der Waals surface area (Å²) in [5.41, 5.74) is 1.73. The van der Waals surface area contributed by atoms with Crippen LogP contribution in [0.4, 0.5) is 5.69 Å². The summed E-state index contributed by atoms with van der Waals surface area (Å²) in [4.78, 5) is 23.2. The number of nitrogens with one attached hydrogen (secondary N) is 1. The second-order valence-electron chi connectivity index (χ2n) is 4.83. The van der Waals surface area contributed by atoms with Gasteiger partial charge in [-0.05, 0) is 37.5 Å². The third-order valence-electron chi connectivity index (χ3n) is 3.36. The van der Waals surface area contributed by atoms with Crippen LogP contribution in [0.1, 0.15) is 18.4 Å². The maximum atomic E-state index is 12.2. The topological polar surface area (TPSA) is 69.2 Å². The maximum Gasteiger partial charge on any atom is 0.228 e. The number of rotatable bonds is 3. The van der Waals surface area contributed by atoms with Crippen LogP contribution in [0.5, 0.6) is 0 Å². The van der Waals surface area contributed by atoms with Crippen LogP contribution in [-0.4, -0.2) is 11.9 Å². The molecule has 0 bridgehead atoms. The van der Waals surface area contributed by atoms with E-state index in [4.69, 9.17) is 0 Å². The van der Waals surface area contributed by atoms with Gasteiger partial charge in [-0.3, -0.25) is 4.79 Å². The van der Waals surface area contributed by atoms with Crippen LogP contribution < -0.4 is 10.4 Å². The SMILES string of the molecule is Cc1cccc(NC(=O)[C@H]2CC=CC[C@H]2C(=O)[O-])c1. The largest absolute Gasteiger partial charge is 0.550 e. The second kappa shape index (κ2) is 5.69. The van der Waals surface area contributed by atoms with Crippen molar-refractivity contribution in [3.05, 3.63) is 42.0 Å². The Hall–Kier alpha value is -2.10. The van der Waals surface area contributed by atoms with E-state index in [1.54, 1.807) is 12.1 Å². The van der Waals surface area contributed by atoms with E-state index in [9.17, 15) is 14.7 Å². The molecule has 4 heteroatoms. The number of hydrogen-bond acceptors (Lipinski definition) is 3. The van der Waals surface area contributed by atoms with E-state index in [1.165, 1.54) is 0 Å². The predicted molar refractivity (Wildman–Crippen MR) is 70.2 cm³/mol. The number of aliphatic carboxylic acids is 1. The molecule has 1 aromatic rings. The third kappa shape index (κ3) is 3.22. The minimum absolute atomic E-state index is 0.260. The van der Waals surface area contributed by atoms with E-state index < -0.39 is 17.8 Å². The molecule has 2 atom stereocenters. The van der Waals surface area contributed by atoms with Crippen molar-refractivity contribution >= 4 is 17.6 Å². The van der Waals surface area contributed by atoms with E-state index in [0.29, 0.717) is 18.5 Å². The van der Waals surface area contributed by atoms with Gasteiger partial charge < -0.3 is 15.2 Å². The standard InChI is InChI=1S/C15H17NO3/c1-10-5-4-6-11(9-10)16-14(17)12-7-2-3-8-13(12)15(18)19/h2-6,9,12-13H,7-8H2,1H3,(H,16,17)(H,18,19)/p-1/t12-,13+/m0/s1. The number of amides is 1. The van der Waals surface area contributed by atoms with Crippen molar-refractivity contribution in [2.45, 2.75) is 19.8 Å². The molecule has 100 valence electrons. The molecule has 0 heterocycles. The highest BCUT2D eigenvalue weighted by molar-refractivity contribution is 5.95. The van der Waals surface area contributed by atoms with Crippen LogP contribution in [0.15, 0.2) is 36.4 Å². The van der Waals surface area contributed by atoms with Crippen molar-refractivity contribution in [3.63, 3.8) is 0 Å². The van der Waals surface area contributed by atoms with Gasteiger partial charge in [0.15, 0.2) is 0 Å². The summed E-state index contributed by atoms with van der Waals surface area (Å²) in [5.74, 6) is -2.72. The molecule has 0 unspecified atom stereocenters. The molecule has 1 aliphatic rings. The minimum atomic E-state index is -1.16. The number of hydrogen-bond donors (Lipinski definition) is 1. The first-order chi connectivity index (χ1) is 9.08. The predicted octanol–water partition coefficient (Wildman–Crippen LogP) is 1.27. The fourth-order valence-electron chi connectivity index (χ4n) is 2.32. The fraction of sp³-hybridized carbons (Fsp3) is 0.333. The highest BCUT2D eigenvalue weighted by Gasteiger charge is 2.29. The van der Waals surface area contributed by atoms with Gasteiger partial charge in [0.25, 0.3) is 0 Å². The van der Waals surface area contributed by atoms with Gasteiger partial charge in [0.05, 0.1) is 5.92 Å². The van der Waals surface area contributed by atoms with Gasteiger partial charge >= 0.3 is 0 Å². The van der Waals surface area contributed by atoms with Gasteiger partial charge in [-0.25, -0.2) is 0 Å². The summed E-state index contributed by atoms with van der Waals surface area (Å²) in [6.07, 6.45) is 4.43. The summed E-state index contributed by atoms with van der Waals surface area (Å²) in [6.45, 7) is 1.93. The molecule has 0 fully saturated rings. The van der Waals surface area contributed by atoms with Crippen LogP contribution >= 0.6 is 0 Å². The quantitative estimate of drug-likeness (QED) is 0.830. The number of carboxylic acids is 1. The zero-order valence-electron chi connectivity index (χ0n) is 10.8. The van der Waals surface area contributed by atoms with E-state index in [-0.39, 0.29) is 5.91 Å². The Morgan fingerprint density at radius 3 is 2.53 bits per heavy atom. The average molecular weight is 258 g/mol. The number of aryl methyl sites for hydroxylation is 1. The zero-order chi connectivity index (χ0) is 13.8. The molecule has 1 aromatic carbocycles. The molecule has 0 saturated carbocycles. The molecule has 4 nitrogen and oxygen atoms in total. The highest BCUT2D eigenvalue weighted by Crippen LogP contribution is 2.26.